The molecule has 0 N–H and O–H groups in total. The predicted octanol–water partition coefficient (Wildman–Crippen LogP) is 3.31. The van der Waals surface area contributed by atoms with E-state index in [4.69, 9.17) is 9.15 Å². The molecule has 2 heterocycles. The fraction of sp³-hybridized carbons (Fsp3) is 0.0625. The lowest BCUT2D eigenvalue weighted by atomic mass is 10.2. The number of ether oxygens (including phenoxy) is 1. The summed E-state index contributed by atoms with van der Waals surface area (Å²) in [5.74, 6) is 1.65. The summed E-state index contributed by atoms with van der Waals surface area (Å²) in [4.78, 5) is 4.04. The number of aromatic nitrogens is 3. The summed E-state index contributed by atoms with van der Waals surface area (Å²) in [5, 5.41) is 8.03. The average Bonchev–Trinajstić information content (AvgIpc) is 3.03. The summed E-state index contributed by atoms with van der Waals surface area (Å²) in [6.45, 7) is 0. The zero-order chi connectivity index (χ0) is 14.5. The molecule has 0 bridgehead atoms. The first-order valence-electron chi connectivity index (χ1n) is 6.41. The highest BCUT2D eigenvalue weighted by atomic mass is 16.5. The lowest BCUT2D eigenvalue weighted by Crippen LogP contribution is -1.83. The van der Waals surface area contributed by atoms with E-state index in [9.17, 15) is 0 Å². The van der Waals surface area contributed by atoms with E-state index in [1.807, 2.05) is 42.5 Å². The number of hydrogen-bond acceptors (Lipinski definition) is 5. The lowest BCUT2D eigenvalue weighted by Gasteiger charge is -1.99. The van der Waals surface area contributed by atoms with Crippen LogP contribution < -0.4 is 4.74 Å². The van der Waals surface area contributed by atoms with Crippen LogP contribution in [0.25, 0.3) is 23.6 Å². The van der Waals surface area contributed by atoms with Crippen LogP contribution in [0.15, 0.2) is 53.2 Å². The van der Waals surface area contributed by atoms with Crippen molar-refractivity contribution in [3.05, 3.63) is 60.2 Å². The molecule has 5 heteroatoms. The van der Waals surface area contributed by atoms with Gasteiger partial charge in [-0.05, 0) is 35.9 Å². The van der Waals surface area contributed by atoms with E-state index in [0.717, 1.165) is 16.9 Å². The zero-order valence-electron chi connectivity index (χ0n) is 11.4. The normalized spacial score (nSPS) is 10.9. The Labute approximate surface area is 121 Å². The molecule has 0 saturated heterocycles. The molecule has 2 aromatic heterocycles. The van der Waals surface area contributed by atoms with Crippen molar-refractivity contribution in [3.63, 3.8) is 0 Å². The van der Waals surface area contributed by atoms with E-state index >= 15 is 0 Å². The van der Waals surface area contributed by atoms with E-state index in [1.54, 1.807) is 25.6 Å². The number of rotatable bonds is 4. The first-order valence-corrected chi connectivity index (χ1v) is 6.41. The molecule has 104 valence electrons. The van der Waals surface area contributed by atoms with Crippen molar-refractivity contribution in [2.75, 3.05) is 7.11 Å². The highest BCUT2D eigenvalue weighted by molar-refractivity contribution is 5.66. The maximum Gasteiger partial charge on any atom is 0.248 e. The molecule has 0 aliphatic carbocycles. The minimum Gasteiger partial charge on any atom is -0.497 e. The molecule has 0 spiro atoms. The third kappa shape index (κ3) is 3.14. The second-order valence-corrected chi connectivity index (χ2v) is 4.30. The second-order valence-electron chi connectivity index (χ2n) is 4.30. The number of hydrogen-bond donors (Lipinski definition) is 0. The highest BCUT2D eigenvalue weighted by Gasteiger charge is 2.07. The molecule has 0 amide bonds. The van der Waals surface area contributed by atoms with Gasteiger partial charge in [-0.25, -0.2) is 0 Å². The van der Waals surface area contributed by atoms with Gasteiger partial charge in [0.15, 0.2) is 0 Å². The van der Waals surface area contributed by atoms with Crippen LogP contribution in [0.1, 0.15) is 11.5 Å². The predicted molar refractivity (Wildman–Crippen MR) is 79.5 cm³/mol. The van der Waals surface area contributed by atoms with Gasteiger partial charge in [-0.15, -0.1) is 10.2 Å². The molecule has 0 saturated carbocycles. The van der Waals surface area contributed by atoms with E-state index < -0.39 is 0 Å². The minimum atomic E-state index is 0.441. The third-order valence-electron chi connectivity index (χ3n) is 2.86. The van der Waals surface area contributed by atoms with Gasteiger partial charge >= 0.3 is 0 Å². The summed E-state index contributed by atoms with van der Waals surface area (Å²) in [5.41, 5.74) is 1.79. The van der Waals surface area contributed by atoms with E-state index in [0.29, 0.717) is 11.8 Å². The van der Waals surface area contributed by atoms with Crippen LogP contribution in [0.5, 0.6) is 5.75 Å². The van der Waals surface area contributed by atoms with Gasteiger partial charge in [0.2, 0.25) is 11.8 Å². The van der Waals surface area contributed by atoms with Gasteiger partial charge < -0.3 is 9.15 Å². The average molecular weight is 279 g/mol. The van der Waals surface area contributed by atoms with Crippen LogP contribution in [0.3, 0.4) is 0 Å². The fourth-order valence-corrected chi connectivity index (χ4v) is 1.82. The molecule has 0 aliphatic heterocycles. The first kappa shape index (κ1) is 13.1. The van der Waals surface area contributed by atoms with E-state index in [2.05, 4.69) is 15.2 Å². The monoisotopic (exact) mass is 279 g/mol. The van der Waals surface area contributed by atoms with Gasteiger partial charge in [0.05, 0.1) is 7.11 Å². The van der Waals surface area contributed by atoms with Crippen molar-refractivity contribution in [1.82, 2.24) is 15.2 Å². The number of benzene rings is 1. The molecule has 21 heavy (non-hydrogen) atoms. The van der Waals surface area contributed by atoms with Crippen molar-refractivity contribution in [1.29, 1.82) is 0 Å². The van der Waals surface area contributed by atoms with Crippen molar-refractivity contribution in [3.8, 4) is 17.2 Å². The molecule has 1 aromatic carbocycles. The fourth-order valence-electron chi connectivity index (χ4n) is 1.82. The van der Waals surface area contributed by atoms with Crippen LogP contribution in [-0.4, -0.2) is 22.3 Å². The Morgan fingerprint density at radius 2 is 2.05 bits per heavy atom. The lowest BCUT2D eigenvalue weighted by molar-refractivity contribution is 0.414. The van der Waals surface area contributed by atoms with Crippen molar-refractivity contribution in [2.45, 2.75) is 0 Å². The Hall–Kier alpha value is -2.95. The molecule has 0 radical (unpaired) electrons. The summed E-state index contributed by atoms with van der Waals surface area (Å²) in [7, 11) is 1.62. The maximum absolute atomic E-state index is 5.61. The van der Waals surface area contributed by atoms with Crippen molar-refractivity contribution >= 4 is 12.2 Å². The van der Waals surface area contributed by atoms with E-state index in [-0.39, 0.29) is 0 Å². The van der Waals surface area contributed by atoms with Crippen LogP contribution in [0.2, 0.25) is 0 Å². The van der Waals surface area contributed by atoms with Crippen LogP contribution in [-0.2, 0) is 0 Å². The Morgan fingerprint density at radius 3 is 2.86 bits per heavy atom. The molecule has 3 aromatic rings. The van der Waals surface area contributed by atoms with Crippen molar-refractivity contribution < 1.29 is 9.15 Å². The van der Waals surface area contributed by atoms with Gasteiger partial charge in [-0.2, -0.15) is 0 Å². The van der Waals surface area contributed by atoms with Gasteiger partial charge in [0.25, 0.3) is 0 Å². The molecule has 0 unspecified atom stereocenters. The Kier molecular flexibility index (Phi) is 3.73. The minimum absolute atomic E-state index is 0.441. The third-order valence-corrected chi connectivity index (χ3v) is 2.86. The van der Waals surface area contributed by atoms with E-state index in [1.165, 1.54) is 0 Å². The largest absolute Gasteiger partial charge is 0.497 e. The standard InChI is InChI=1S/C16H13N3O2/c1-20-14-6-2-5-13(10-14)16-19-18-15(21-16)8-7-12-4-3-9-17-11-12/h2-11H,1H3. The smallest absolute Gasteiger partial charge is 0.248 e. The molecule has 0 aliphatic rings. The second kappa shape index (κ2) is 6.00. The summed E-state index contributed by atoms with van der Waals surface area (Å²) in [6.07, 6.45) is 7.12. The molecule has 0 fully saturated rings. The summed E-state index contributed by atoms with van der Waals surface area (Å²) >= 11 is 0. The van der Waals surface area contributed by atoms with Gasteiger partial charge in [0, 0.05) is 24.0 Å². The van der Waals surface area contributed by atoms with Crippen LogP contribution in [0.4, 0.5) is 0 Å². The molecule has 0 atom stereocenters. The van der Waals surface area contributed by atoms with Gasteiger partial charge in [-0.3, -0.25) is 4.98 Å². The molecule has 5 nitrogen and oxygen atoms in total. The summed E-state index contributed by atoms with van der Waals surface area (Å²) < 4.78 is 10.8. The van der Waals surface area contributed by atoms with Crippen molar-refractivity contribution in [2.24, 2.45) is 0 Å². The van der Waals surface area contributed by atoms with Crippen LogP contribution in [0, 0.1) is 0 Å². The zero-order valence-corrected chi connectivity index (χ0v) is 11.4. The maximum atomic E-state index is 5.61. The highest BCUT2D eigenvalue weighted by Crippen LogP contribution is 2.23. The van der Waals surface area contributed by atoms with Crippen LogP contribution >= 0.6 is 0 Å². The molecular formula is C16H13N3O2. The topological polar surface area (TPSA) is 61.0 Å². The molecule has 3 rings (SSSR count). The number of methoxy groups -OCH3 is 1. The Bertz CT molecular complexity index is 751. The SMILES string of the molecule is COc1cccc(-c2nnc(C=Cc3cccnc3)o2)c1. The number of nitrogens with zero attached hydrogens (tertiary/aromatic N) is 3. The quantitative estimate of drug-likeness (QED) is 0.733. The summed E-state index contributed by atoms with van der Waals surface area (Å²) in [6, 6.07) is 11.3. The molecular weight excluding hydrogens is 266 g/mol. The first-order chi connectivity index (χ1) is 10.3. The van der Waals surface area contributed by atoms with Gasteiger partial charge in [0.1, 0.15) is 5.75 Å². The number of pyridine rings is 1. The Morgan fingerprint density at radius 1 is 1.10 bits per heavy atom. The Balaban J connectivity index is 1.81. The van der Waals surface area contributed by atoms with Gasteiger partial charge in [-0.1, -0.05) is 12.1 Å².